The zero-order chi connectivity index (χ0) is 56.0. The van der Waals surface area contributed by atoms with E-state index in [0.717, 1.165) is 16.8 Å². The summed E-state index contributed by atoms with van der Waals surface area (Å²) in [6.45, 7) is 15.0. The molecule has 0 bridgehead atoms. The van der Waals surface area contributed by atoms with E-state index in [1.807, 2.05) is 29.3 Å². The Hall–Kier alpha value is -7.11. The number of hydrogen-bond acceptors (Lipinski definition) is 15. The fourth-order valence-corrected chi connectivity index (χ4v) is 9.47. The Labute approximate surface area is 463 Å². The molecular formula is C53H71Cl2N15O8. The van der Waals surface area contributed by atoms with Crippen LogP contribution in [0.1, 0.15) is 109 Å². The van der Waals surface area contributed by atoms with Gasteiger partial charge in [-0.1, -0.05) is 47.0 Å². The van der Waals surface area contributed by atoms with Crippen LogP contribution in [0, 0.1) is 0 Å². The molecule has 2 fully saturated rings. The molecule has 0 spiro atoms. The highest BCUT2D eigenvalue weighted by atomic mass is 35.5. The van der Waals surface area contributed by atoms with Crippen molar-refractivity contribution in [1.82, 2.24) is 65.6 Å². The van der Waals surface area contributed by atoms with Crippen molar-refractivity contribution in [2.75, 3.05) is 75.7 Å². The number of pyridine rings is 1. The maximum Gasteiger partial charge on any atom is 0.410 e. The quantitative estimate of drug-likeness (QED) is 0.0395. The lowest BCUT2D eigenvalue weighted by Crippen LogP contribution is -2.64. The number of nitrogens with zero attached hydrogens (tertiary/aromatic N) is 10. The van der Waals surface area contributed by atoms with Gasteiger partial charge in [0.25, 0.3) is 5.91 Å². The molecule has 0 saturated carbocycles. The molecule has 25 heteroatoms. The Morgan fingerprint density at radius 3 is 2.26 bits per heavy atom. The Balaban J connectivity index is 0.836. The van der Waals surface area contributed by atoms with Gasteiger partial charge in [-0.25, -0.2) is 24.5 Å². The van der Waals surface area contributed by atoms with Gasteiger partial charge in [0.1, 0.15) is 46.8 Å². The van der Waals surface area contributed by atoms with Gasteiger partial charge in [0, 0.05) is 82.7 Å². The number of unbranched alkanes of at least 4 members (excludes halogenated alkanes) is 2. The molecule has 2 saturated heterocycles. The summed E-state index contributed by atoms with van der Waals surface area (Å²) < 4.78 is 12.7. The number of nitrogens with one attached hydrogen (secondary N) is 5. The number of hydrogen-bond donors (Lipinski definition) is 5. The van der Waals surface area contributed by atoms with Crippen molar-refractivity contribution in [3.63, 3.8) is 0 Å². The van der Waals surface area contributed by atoms with Gasteiger partial charge in [-0.2, -0.15) is 0 Å². The van der Waals surface area contributed by atoms with Crippen molar-refractivity contribution in [3.05, 3.63) is 88.8 Å². The normalized spacial score (nSPS) is 15.3. The van der Waals surface area contributed by atoms with Gasteiger partial charge >= 0.3 is 12.2 Å². The van der Waals surface area contributed by atoms with Crippen LogP contribution in [0.25, 0.3) is 11.0 Å². The molecule has 4 aromatic heterocycles. The molecule has 1 atom stereocenters. The number of ether oxygens (including phenoxy) is 2. The van der Waals surface area contributed by atoms with E-state index in [2.05, 4.69) is 61.3 Å². The maximum atomic E-state index is 14.7. The zero-order valence-corrected chi connectivity index (χ0v) is 46.7. The number of aromatic amines is 1. The monoisotopic (exact) mass is 1120 g/mol. The van der Waals surface area contributed by atoms with Crippen molar-refractivity contribution in [2.24, 2.45) is 0 Å². The smallest absolute Gasteiger partial charge is 0.410 e. The highest BCUT2D eigenvalue weighted by Gasteiger charge is 2.45. The maximum absolute atomic E-state index is 14.7. The molecule has 2 aliphatic rings. The van der Waals surface area contributed by atoms with Gasteiger partial charge in [0.2, 0.25) is 17.7 Å². The summed E-state index contributed by atoms with van der Waals surface area (Å²) in [5, 5.41) is 20.8. The number of aromatic nitrogens is 7. The van der Waals surface area contributed by atoms with Crippen LogP contribution in [-0.2, 0) is 30.4 Å². The highest BCUT2D eigenvalue weighted by Crippen LogP contribution is 2.32. The second kappa shape index (κ2) is 26.5. The van der Waals surface area contributed by atoms with Crippen LogP contribution < -0.4 is 26.2 Å². The van der Waals surface area contributed by atoms with Crippen molar-refractivity contribution >= 4 is 81.6 Å². The topological polar surface area (TPSA) is 267 Å². The molecule has 23 nitrogen and oxygen atoms in total. The number of rotatable bonds is 21. The van der Waals surface area contributed by atoms with Gasteiger partial charge < -0.3 is 45.5 Å². The molecular weight excluding hydrogens is 1050 g/mol. The minimum Gasteiger partial charge on any atom is -0.444 e. The Bertz CT molecular complexity index is 2840. The predicted molar refractivity (Wildman–Crippen MR) is 294 cm³/mol. The molecule has 5 aromatic rings. The van der Waals surface area contributed by atoms with Gasteiger partial charge in [0.15, 0.2) is 5.15 Å². The minimum atomic E-state index is -1.27. The number of piperazine rings is 1. The van der Waals surface area contributed by atoms with Crippen molar-refractivity contribution < 1.29 is 38.2 Å². The van der Waals surface area contributed by atoms with E-state index in [1.165, 1.54) is 34.2 Å². The predicted octanol–water partition coefficient (Wildman–Crippen LogP) is 6.37. The number of carbonyl (C=O) groups excluding carboxylic acids is 6. The Morgan fingerprint density at radius 1 is 0.846 bits per heavy atom. The lowest BCUT2D eigenvalue weighted by Gasteiger charge is -2.42. The molecule has 0 aliphatic carbocycles. The van der Waals surface area contributed by atoms with Gasteiger partial charge in [-0.05, 0) is 110 Å². The van der Waals surface area contributed by atoms with E-state index in [9.17, 15) is 28.8 Å². The SMILES string of the molecule is CC(C)(C)OC(=O)NC1(C(=O)N[C@H](CCN2CCN(C(=O)CCCCCNC(=O)c3ccc(NC(=O)CN(CCn4ccnn4)C(=O)OC(C)(C)C)c(Cl)n3)CC2)c2ccc(Cl)cc2)CCN(c2ncnc3[nH]ccc23)CC1. The van der Waals surface area contributed by atoms with E-state index < -0.39 is 46.8 Å². The molecule has 5 N–H and O–H groups in total. The van der Waals surface area contributed by atoms with Gasteiger partial charge in [-0.15, -0.1) is 5.10 Å². The zero-order valence-electron chi connectivity index (χ0n) is 45.2. The number of piperidine rings is 1. The number of carbonyl (C=O) groups is 6. The molecule has 6 amide bonds. The fourth-order valence-electron chi connectivity index (χ4n) is 9.15. The molecule has 6 heterocycles. The number of H-pyrrole nitrogens is 1. The largest absolute Gasteiger partial charge is 0.444 e. The summed E-state index contributed by atoms with van der Waals surface area (Å²) in [6.07, 6.45) is 8.69. The molecule has 78 heavy (non-hydrogen) atoms. The lowest BCUT2D eigenvalue weighted by molar-refractivity contribution is -0.133. The fraction of sp³-hybridized carbons (Fsp3) is 0.528. The molecule has 420 valence electrons. The Morgan fingerprint density at radius 2 is 1.58 bits per heavy atom. The van der Waals surface area contributed by atoms with Crippen LogP contribution in [0.2, 0.25) is 10.2 Å². The van der Waals surface area contributed by atoms with Crippen LogP contribution in [0.3, 0.4) is 0 Å². The van der Waals surface area contributed by atoms with Crippen molar-refractivity contribution in [1.29, 1.82) is 0 Å². The van der Waals surface area contributed by atoms with Crippen LogP contribution in [0.5, 0.6) is 0 Å². The molecule has 2 aliphatic heterocycles. The number of benzene rings is 1. The molecule has 7 rings (SSSR count). The van der Waals surface area contributed by atoms with Crippen molar-refractivity contribution in [2.45, 2.75) is 116 Å². The average molecular weight is 1120 g/mol. The molecule has 1 aromatic carbocycles. The second-order valence-electron chi connectivity index (χ2n) is 21.4. The van der Waals surface area contributed by atoms with Crippen LogP contribution in [-0.4, -0.2) is 168 Å². The van der Waals surface area contributed by atoms with Crippen LogP contribution in [0.15, 0.2) is 67.4 Å². The number of fused-ring (bicyclic) bond motifs is 1. The van der Waals surface area contributed by atoms with Crippen LogP contribution in [0.4, 0.5) is 21.1 Å². The molecule has 0 unspecified atom stereocenters. The number of amides is 6. The van der Waals surface area contributed by atoms with E-state index in [-0.39, 0.29) is 48.0 Å². The van der Waals surface area contributed by atoms with E-state index >= 15 is 0 Å². The molecule has 0 radical (unpaired) electrons. The number of alkyl carbamates (subject to hydrolysis) is 1. The summed E-state index contributed by atoms with van der Waals surface area (Å²) in [5.74, 6) is -0.466. The first-order valence-corrected chi connectivity index (χ1v) is 27.1. The number of anilines is 2. The number of halogens is 2. The Kier molecular flexibility index (Phi) is 19.9. The third-order valence-electron chi connectivity index (χ3n) is 13.2. The second-order valence-corrected chi connectivity index (χ2v) is 22.2. The average Bonchev–Trinajstić information content (AvgIpc) is 4.14. The summed E-state index contributed by atoms with van der Waals surface area (Å²) in [7, 11) is 0. The minimum absolute atomic E-state index is 0.0625. The van der Waals surface area contributed by atoms with Crippen molar-refractivity contribution in [3.8, 4) is 0 Å². The highest BCUT2D eigenvalue weighted by molar-refractivity contribution is 6.32. The lowest BCUT2D eigenvalue weighted by atomic mass is 9.85. The third kappa shape index (κ3) is 16.9. The third-order valence-corrected chi connectivity index (χ3v) is 13.8. The summed E-state index contributed by atoms with van der Waals surface area (Å²) in [5.41, 5.74) is -1.00. The summed E-state index contributed by atoms with van der Waals surface area (Å²) in [4.78, 5) is 104. The first-order chi connectivity index (χ1) is 37.1. The standard InChI is InChI=1S/C53H71Cl2N15O8/c1-51(2,3)77-49(75)64-53(19-25-68(26-20-53)46-38-17-22-56-45(38)58-35-59-46)48(74)63-39(36-11-13-37(54)14-12-36)18-24-66-28-30-67(31-29-66)43(72)10-8-7-9-21-57-47(73)41-16-15-40(44(55)62-41)61-42(71)34-69(50(76)78-52(4,5)6)32-33-70-27-23-60-65-70/h11-17,22-23,27,35,39H,7-10,18-21,24-26,28-34H2,1-6H3,(H,57,73)(H,61,71)(H,63,74)(H,64,75)(H,56,58,59)/t39-/m1/s1. The van der Waals surface area contributed by atoms with Gasteiger partial charge in [-0.3, -0.25) is 33.7 Å². The van der Waals surface area contributed by atoms with Gasteiger partial charge in [0.05, 0.1) is 29.9 Å². The first-order valence-electron chi connectivity index (χ1n) is 26.3. The first kappa shape index (κ1) is 58.6. The van der Waals surface area contributed by atoms with E-state index in [0.29, 0.717) is 108 Å². The van der Waals surface area contributed by atoms with Crippen LogP contribution >= 0.6 is 23.2 Å². The van der Waals surface area contributed by atoms with E-state index in [4.69, 9.17) is 32.7 Å². The summed E-state index contributed by atoms with van der Waals surface area (Å²) >= 11 is 12.7. The summed E-state index contributed by atoms with van der Waals surface area (Å²) in [6, 6.07) is 11.8. The van der Waals surface area contributed by atoms with E-state index in [1.54, 1.807) is 59.9 Å².